The molecule has 0 saturated carbocycles. The number of hydrogen-bond acceptors (Lipinski definition) is 6. The monoisotopic (exact) mass is 324 g/mol. The highest BCUT2D eigenvalue weighted by Crippen LogP contribution is 2.16. The van der Waals surface area contributed by atoms with Gasteiger partial charge in [-0.2, -0.15) is 0 Å². The molecule has 1 aromatic heterocycles. The Balaban J connectivity index is 2.15. The van der Waals surface area contributed by atoms with Crippen LogP contribution in [0.15, 0.2) is 28.8 Å². The number of urea groups is 1. The first kappa shape index (κ1) is 16.0. The van der Waals surface area contributed by atoms with E-state index >= 15 is 0 Å². The van der Waals surface area contributed by atoms with Gasteiger partial charge in [0.25, 0.3) is 0 Å². The number of rotatable bonds is 5. The van der Waals surface area contributed by atoms with Gasteiger partial charge in [0.15, 0.2) is 0 Å². The van der Waals surface area contributed by atoms with E-state index in [0.29, 0.717) is 4.88 Å². The van der Waals surface area contributed by atoms with E-state index in [-0.39, 0.29) is 24.5 Å². The van der Waals surface area contributed by atoms with E-state index in [0.717, 1.165) is 0 Å². The summed E-state index contributed by atoms with van der Waals surface area (Å²) in [6.07, 6.45) is 0. The molecule has 118 valence electrons. The predicted octanol–water partition coefficient (Wildman–Crippen LogP) is 1.42. The van der Waals surface area contributed by atoms with Gasteiger partial charge in [-0.3, -0.25) is 0 Å². The number of carbonyl (C=O) groups is 3. The van der Waals surface area contributed by atoms with Crippen molar-refractivity contribution < 1.29 is 23.9 Å². The second kappa shape index (κ2) is 7.08. The molecule has 2 heterocycles. The van der Waals surface area contributed by atoms with Crippen molar-refractivity contribution in [2.45, 2.75) is 19.9 Å². The van der Waals surface area contributed by atoms with Gasteiger partial charge in [-0.05, 0) is 25.3 Å². The molecule has 0 radical (unpaired) electrons. The average Bonchev–Trinajstić information content (AvgIpc) is 2.98. The largest absolute Gasteiger partial charge is 0.463 e. The average molecular weight is 324 g/mol. The molecule has 2 N–H and O–H groups in total. The molecule has 0 spiro atoms. The van der Waals surface area contributed by atoms with Gasteiger partial charge >= 0.3 is 18.0 Å². The first-order chi connectivity index (χ1) is 10.5. The first-order valence-electron chi connectivity index (χ1n) is 6.71. The molecule has 0 bridgehead atoms. The van der Waals surface area contributed by atoms with E-state index in [1.165, 1.54) is 11.3 Å². The van der Waals surface area contributed by atoms with Gasteiger partial charge in [0, 0.05) is 0 Å². The lowest BCUT2D eigenvalue weighted by Gasteiger charge is -2.26. The van der Waals surface area contributed by atoms with Crippen LogP contribution in [0.1, 0.15) is 23.5 Å². The van der Waals surface area contributed by atoms with Gasteiger partial charge in [-0.15, -0.1) is 11.3 Å². The Kier molecular flexibility index (Phi) is 5.16. The van der Waals surface area contributed by atoms with Crippen LogP contribution in [0.2, 0.25) is 0 Å². The lowest BCUT2D eigenvalue weighted by atomic mass is 10.0. The minimum Gasteiger partial charge on any atom is -0.463 e. The van der Waals surface area contributed by atoms with Crippen molar-refractivity contribution in [3.05, 3.63) is 33.7 Å². The van der Waals surface area contributed by atoms with Crippen LogP contribution >= 0.6 is 11.3 Å². The fourth-order valence-corrected chi connectivity index (χ4v) is 2.61. The molecule has 1 aliphatic rings. The summed E-state index contributed by atoms with van der Waals surface area (Å²) in [6, 6.07) is 2.39. The standard InChI is InChI=1S/C14H16N2O5S/c1-3-20-13(18)11-8(2)15-14(19)16-9(11)7-21-12(17)10-5-4-6-22-10/h4-6,8H,3,7H2,1-2H3,(H2,15,16,19)/t8-/m0/s1. The summed E-state index contributed by atoms with van der Waals surface area (Å²) < 4.78 is 10.1. The Morgan fingerprint density at radius 3 is 2.73 bits per heavy atom. The van der Waals surface area contributed by atoms with Crippen LogP contribution in [-0.2, 0) is 14.3 Å². The molecule has 1 aromatic rings. The van der Waals surface area contributed by atoms with Crippen LogP contribution in [0.4, 0.5) is 4.79 Å². The van der Waals surface area contributed by atoms with E-state index in [9.17, 15) is 14.4 Å². The maximum absolute atomic E-state index is 12.0. The highest BCUT2D eigenvalue weighted by Gasteiger charge is 2.30. The third-order valence-corrected chi connectivity index (χ3v) is 3.79. The van der Waals surface area contributed by atoms with Crippen LogP contribution < -0.4 is 10.6 Å². The van der Waals surface area contributed by atoms with Gasteiger partial charge < -0.3 is 20.1 Å². The topological polar surface area (TPSA) is 93.7 Å². The van der Waals surface area contributed by atoms with Gasteiger partial charge in [-0.25, -0.2) is 14.4 Å². The van der Waals surface area contributed by atoms with Crippen molar-refractivity contribution in [3.8, 4) is 0 Å². The van der Waals surface area contributed by atoms with Gasteiger partial charge in [0.2, 0.25) is 0 Å². The Bertz CT molecular complexity index is 609. The normalized spacial score (nSPS) is 17.5. The number of carbonyl (C=O) groups excluding carboxylic acids is 3. The zero-order chi connectivity index (χ0) is 16.1. The van der Waals surface area contributed by atoms with Crippen molar-refractivity contribution >= 4 is 29.3 Å². The molecule has 8 heteroatoms. The molecule has 22 heavy (non-hydrogen) atoms. The predicted molar refractivity (Wildman–Crippen MR) is 79.4 cm³/mol. The Morgan fingerprint density at radius 2 is 2.09 bits per heavy atom. The molecule has 1 aliphatic heterocycles. The third kappa shape index (κ3) is 3.64. The van der Waals surface area contributed by atoms with Crippen LogP contribution in [-0.4, -0.2) is 37.2 Å². The summed E-state index contributed by atoms with van der Waals surface area (Å²) in [6.45, 7) is 3.36. The smallest absolute Gasteiger partial charge is 0.348 e. The van der Waals surface area contributed by atoms with E-state index in [1.54, 1.807) is 31.4 Å². The third-order valence-electron chi connectivity index (χ3n) is 2.94. The summed E-state index contributed by atoms with van der Waals surface area (Å²) in [7, 11) is 0. The van der Waals surface area contributed by atoms with Crippen LogP contribution in [0.5, 0.6) is 0 Å². The van der Waals surface area contributed by atoms with Crippen molar-refractivity contribution in [1.82, 2.24) is 10.6 Å². The second-order valence-electron chi connectivity index (χ2n) is 4.49. The van der Waals surface area contributed by atoms with Crippen molar-refractivity contribution in [2.75, 3.05) is 13.2 Å². The minimum atomic E-state index is -0.551. The first-order valence-corrected chi connectivity index (χ1v) is 7.59. The number of esters is 2. The molecular formula is C14H16N2O5S. The highest BCUT2D eigenvalue weighted by molar-refractivity contribution is 7.11. The van der Waals surface area contributed by atoms with Gasteiger partial charge in [-0.1, -0.05) is 6.07 Å². The fraction of sp³-hybridized carbons (Fsp3) is 0.357. The summed E-state index contributed by atoms with van der Waals surface area (Å²) >= 11 is 1.25. The zero-order valence-electron chi connectivity index (χ0n) is 12.2. The molecule has 2 amide bonds. The summed E-state index contributed by atoms with van der Waals surface area (Å²) in [5, 5.41) is 6.82. The molecule has 2 rings (SSSR count). The molecule has 0 aliphatic carbocycles. The number of ether oxygens (including phenoxy) is 2. The number of hydrogen-bond donors (Lipinski definition) is 2. The van der Waals surface area contributed by atoms with Crippen LogP contribution in [0.3, 0.4) is 0 Å². The minimum absolute atomic E-state index is 0.206. The molecule has 0 aromatic carbocycles. The highest BCUT2D eigenvalue weighted by atomic mass is 32.1. The Labute approximate surface area is 131 Å². The molecule has 0 fully saturated rings. The van der Waals surface area contributed by atoms with Gasteiger partial charge in [0.05, 0.1) is 23.9 Å². The molecule has 7 nitrogen and oxygen atoms in total. The number of thiophene rings is 1. The SMILES string of the molecule is CCOC(=O)C1=C(COC(=O)c2cccs2)NC(=O)N[C@H]1C. The van der Waals surface area contributed by atoms with Crippen molar-refractivity contribution in [1.29, 1.82) is 0 Å². The fourth-order valence-electron chi connectivity index (χ4n) is 2.00. The Morgan fingerprint density at radius 1 is 1.32 bits per heavy atom. The van der Waals surface area contributed by atoms with Crippen LogP contribution in [0, 0.1) is 0 Å². The lowest BCUT2D eigenvalue weighted by Crippen LogP contribution is -2.50. The van der Waals surface area contributed by atoms with Crippen molar-refractivity contribution in [2.24, 2.45) is 0 Å². The molecule has 0 unspecified atom stereocenters. The zero-order valence-corrected chi connectivity index (χ0v) is 13.0. The van der Waals surface area contributed by atoms with E-state index in [1.807, 2.05) is 0 Å². The van der Waals surface area contributed by atoms with Crippen LogP contribution in [0.25, 0.3) is 0 Å². The maximum atomic E-state index is 12.0. The Hall–Kier alpha value is -2.35. The maximum Gasteiger partial charge on any atom is 0.348 e. The van der Waals surface area contributed by atoms with Gasteiger partial charge in [0.1, 0.15) is 11.5 Å². The summed E-state index contributed by atoms with van der Waals surface area (Å²) in [4.78, 5) is 35.8. The number of nitrogens with one attached hydrogen (secondary N) is 2. The molecule has 0 saturated heterocycles. The lowest BCUT2D eigenvalue weighted by molar-refractivity contribution is -0.139. The van der Waals surface area contributed by atoms with Crippen molar-refractivity contribution in [3.63, 3.8) is 0 Å². The van der Waals surface area contributed by atoms with E-state index in [2.05, 4.69) is 10.6 Å². The molecule has 1 atom stereocenters. The molecular weight excluding hydrogens is 308 g/mol. The second-order valence-corrected chi connectivity index (χ2v) is 5.43. The van der Waals surface area contributed by atoms with E-state index in [4.69, 9.17) is 9.47 Å². The number of amides is 2. The quantitative estimate of drug-likeness (QED) is 0.799. The summed E-state index contributed by atoms with van der Waals surface area (Å²) in [5.74, 6) is -1.06. The van der Waals surface area contributed by atoms with E-state index < -0.39 is 24.0 Å². The summed E-state index contributed by atoms with van der Waals surface area (Å²) in [5.41, 5.74) is 0.486.